The number of ether oxygens (including phenoxy) is 1. The topological polar surface area (TPSA) is 87.2 Å². The molecule has 2 rings (SSSR count). The average molecular weight is 366 g/mol. The molecule has 0 unspecified atom stereocenters. The molecule has 116 valence electrons. The fraction of sp³-hybridized carbons (Fsp3) is 0.267. The molecule has 6 nitrogen and oxygen atoms in total. The third-order valence-corrected chi connectivity index (χ3v) is 3.39. The van der Waals surface area contributed by atoms with Gasteiger partial charge < -0.3 is 10.5 Å². The van der Waals surface area contributed by atoms with Crippen molar-refractivity contribution in [2.24, 2.45) is 5.73 Å². The molecule has 0 bridgehead atoms. The monoisotopic (exact) mass is 365 g/mol. The van der Waals surface area contributed by atoms with Gasteiger partial charge in [0.05, 0.1) is 18.5 Å². The number of benzene rings is 1. The number of nitrogens with two attached hydrogens (primary N) is 1. The Kier molecular flexibility index (Phi) is 4.97. The van der Waals surface area contributed by atoms with Crippen LogP contribution in [0.2, 0.25) is 0 Å². The minimum Gasteiger partial charge on any atom is -0.462 e. The van der Waals surface area contributed by atoms with Crippen molar-refractivity contribution >= 4 is 27.8 Å². The van der Waals surface area contributed by atoms with Gasteiger partial charge in [-0.2, -0.15) is 5.10 Å². The first kappa shape index (κ1) is 16.2. The Labute approximate surface area is 136 Å². The molecule has 0 saturated carbocycles. The van der Waals surface area contributed by atoms with Gasteiger partial charge in [-0.3, -0.25) is 4.79 Å². The Morgan fingerprint density at radius 3 is 2.68 bits per heavy atom. The first-order valence-electron chi connectivity index (χ1n) is 6.76. The van der Waals surface area contributed by atoms with Gasteiger partial charge in [-0.15, -0.1) is 0 Å². The number of carbonyl (C=O) groups excluding carboxylic acids is 2. The molecule has 1 heterocycles. The van der Waals surface area contributed by atoms with Crippen LogP contribution in [0, 0.1) is 6.92 Å². The van der Waals surface area contributed by atoms with Crippen molar-refractivity contribution in [3.63, 3.8) is 0 Å². The summed E-state index contributed by atoms with van der Waals surface area (Å²) in [5.41, 5.74) is 7.11. The summed E-state index contributed by atoms with van der Waals surface area (Å²) in [4.78, 5) is 23.8. The lowest BCUT2D eigenvalue weighted by molar-refractivity contribution is 0.0502. The lowest BCUT2D eigenvalue weighted by atomic mass is 10.2. The van der Waals surface area contributed by atoms with Crippen molar-refractivity contribution in [2.45, 2.75) is 20.3 Å². The van der Waals surface area contributed by atoms with Crippen molar-refractivity contribution in [1.82, 2.24) is 9.78 Å². The van der Waals surface area contributed by atoms with Crippen LogP contribution in [0.15, 0.2) is 28.9 Å². The summed E-state index contributed by atoms with van der Waals surface area (Å²) in [5.74, 6) is -1.34. The number of hydrogen-bond donors (Lipinski definition) is 1. The van der Waals surface area contributed by atoms with Gasteiger partial charge in [0.25, 0.3) is 5.91 Å². The third-order valence-electron chi connectivity index (χ3n) is 2.93. The molecule has 0 atom stereocenters. The molecule has 7 heteroatoms. The smallest absolute Gasteiger partial charge is 0.342 e. The van der Waals surface area contributed by atoms with E-state index >= 15 is 0 Å². The first-order chi connectivity index (χ1) is 10.4. The Balaban J connectivity index is 2.51. The number of aromatic nitrogens is 2. The van der Waals surface area contributed by atoms with E-state index in [1.54, 1.807) is 6.07 Å². The molecule has 2 aromatic rings. The number of nitrogens with zero attached hydrogens (tertiary/aromatic N) is 2. The zero-order valence-corrected chi connectivity index (χ0v) is 13.9. The van der Waals surface area contributed by atoms with E-state index in [1.807, 2.05) is 26.0 Å². The molecule has 0 saturated heterocycles. The van der Waals surface area contributed by atoms with E-state index in [0.717, 1.165) is 10.0 Å². The highest BCUT2D eigenvalue weighted by molar-refractivity contribution is 9.10. The highest BCUT2D eigenvalue weighted by Gasteiger charge is 2.23. The predicted octanol–water partition coefficient (Wildman–Crippen LogP) is 2.61. The van der Waals surface area contributed by atoms with E-state index in [1.165, 1.54) is 10.9 Å². The van der Waals surface area contributed by atoms with Crippen molar-refractivity contribution in [3.8, 4) is 5.69 Å². The van der Waals surface area contributed by atoms with Gasteiger partial charge in [-0.25, -0.2) is 9.48 Å². The zero-order valence-electron chi connectivity index (χ0n) is 12.3. The molecule has 1 aromatic carbocycles. The number of primary amides is 1. The van der Waals surface area contributed by atoms with E-state index < -0.39 is 11.9 Å². The Morgan fingerprint density at radius 2 is 2.09 bits per heavy atom. The number of hydrogen-bond acceptors (Lipinski definition) is 4. The second-order valence-electron chi connectivity index (χ2n) is 4.81. The van der Waals surface area contributed by atoms with Crippen LogP contribution < -0.4 is 5.73 Å². The second kappa shape index (κ2) is 6.74. The van der Waals surface area contributed by atoms with Gasteiger partial charge in [-0.05, 0) is 37.1 Å². The molecule has 0 radical (unpaired) electrons. The van der Waals surface area contributed by atoms with E-state index in [2.05, 4.69) is 21.0 Å². The highest BCUT2D eigenvalue weighted by Crippen LogP contribution is 2.21. The van der Waals surface area contributed by atoms with Gasteiger partial charge in [0, 0.05) is 4.47 Å². The molecule has 1 amide bonds. The molecule has 22 heavy (non-hydrogen) atoms. The molecule has 2 N–H and O–H groups in total. The summed E-state index contributed by atoms with van der Waals surface area (Å²) in [5, 5.41) is 4.11. The molecule has 0 spiro atoms. The third kappa shape index (κ3) is 3.36. The zero-order chi connectivity index (χ0) is 16.3. The standard InChI is InChI=1S/C15H16BrN3O3/c1-3-4-22-15(21)12-8-18-19(13(12)14(17)20)11-6-9(2)5-10(16)7-11/h5-8H,3-4H2,1-2H3,(H2,17,20). The van der Waals surface area contributed by atoms with Crippen molar-refractivity contribution in [3.05, 3.63) is 45.7 Å². The fourth-order valence-electron chi connectivity index (χ4n) is 2.04. The molecule has 0 aliphatic carbocycles. The van der Waals surface area contributed by atoms with Crippen LogP contribution in [-0.4, -0.2) is 28.3 Å². The number of carbonyl (C=O) groups is 2. The Morgan fingerprint density at radius 1 is 1.36 bits per heavy atom. The second-order valence-corrected chi connectivity index (χ2v) is 5.72. The molecule has 0 aliphatic rings. The van der Waals surface area contributed by atoms with E-state index in [0.29, 0.717) is 12.1 Å². The normalized spacial score (nSPS) is 10.5. The molecular weight excluding hydrogens is 350 g/mol. The maximum Gasteiger partial charge on any atom is 0.342 e. The van der Waals surface area contributed by atoms with E-state index in [-0.39, 0.29) is 17.9 Å². The molecular formula is C15H16BrN3O3. The predicted molar refractivity (Wildman–Crippen MR) is 85.1 cm³/mol. The Bertz CT molecular complexity index is 705. The lowest BCUT2D eigenvalue weighted by Gasteiger charge is -2.08. The van der Waals surface area contributed by atoms with Crippen LogP contribution in [0.25, 0.3) is 5.69 Å². The molecule has 0 fully saturated rings. The van der Waals surface area contributed by atoms with Crippen molar-refractivity contribution < 1.29 is 14.3 Å². The number of aryl methyl sites for hydroxylation is 1. The molecule has 0 aliphatic heterocycles. The van der Waals surface area contributed by atoms with E-state index in [4.69, 9.17) is 10.5 Å². The largest absolute Gasteiger partial charge is 0.462 e. The van der Waals surface area contributed by atoms with Gasteiger partial charge in [0.1, 0.15) is 11.3 Å². The highest BCUT2D eigenvalue weighted by atomic mass is 79.9. The number of rotatable bonds is 5. The quantitative estimate of drug-likeness (QED) is 0.824. The average Bonchev–Trinajstić information content (AvgIpc) is 2.88. The summed E-state index contributed by atoms with van der Waals surface area (Å²) in [6.45, 7) is 4.08. The number of amides is 1. The van der Waals surface area contributed by atoms with Crippen LogP contribution in [-0.2, 0) is 4.74 Å². The van der Waals surface area contributed by atoms with Crippen LogP contribution in [0.4, 0.5) is 0 Å². The maximum atomic E-state index is 12.0. The van der Waals surface area contributed by atoms with Crippen LogP contribution >= 0.6 is 15.9 Å². The summed E-state index contributed by atoms with van der Waals surface area (Å²) in [7, 11) is 0. The van der Waals surface area contributed by atoms with Crippen LogP contribution in [0.3, 0.4) is 0 Å². The van der Waals surface area contributed by atoms with Crippen molar-refractivity contribution in [2.75, 3.05) is 6.61 Å². The van der Waals surface area contributed by atoms with Gasteiger partial charge in [-0.1, -0.05) is 22.9 Å². The maximum absolute atomic E-state index is 12.0. The van der Waals surface area contributed by atoms with Crippen LogP contribution in [0.1, 0.15) is 39.8 Å². The van der Waals surface area contributed by atoms with Crippen molar-refractivity contribution in [1.29, 1.82) is 0 Å². The van der Waals surface area contributed by atoms with E-state index in [9.17, 15) is 9.59 Å². The SMILES string of the molecule is CCCOC(=O)c1cnn(-c2cc(C)cc(Br)c2)c1C(N)=O. The minimum atomic E-state index is -0.737. The van der Waals surface area contributed by atoms with Gasteiger partial charge in [0.15, 0.2) is 0 Å². The first-order valence-corrected chi connectivity index (χ1v) is 7.55. The minimum absolute atomic E-state index is 0.0126. The Hall–Kier alpha value is -2.15. The summed E-state index contributed by atoms with van der Waals surface area (Å²) < 4.78 is 7.24. The molecule has 1 aromatic heterocycles. The van der Waals surface area contributed by atoms with Crippen LogP contribution in [0.5, 0.6) is 0 Å². The van der Waals surface area contributed by atoms with Gasteiger partial charge >= 0.3 is 5.97 Å². The van der Waals surface area contributed by atoms with Gasteiger partial charge in [0.2, 0.25) is 0 Å². The summed E-state index contributed by atoms with van der Waals surface area (Å²) >= 11 is 3.39. The lowest BCUT2D eigenvalue weighted by Crippen LogP contribution is -2.21. The summed E-state index contributed by atoms with van der Waals surface area (Å²) in [6.07, 6.45) is 1.99. The number of halogens is 1. The fourth-order valence-corrected chi connectivity index (χ4v) is 2.64. The summed E-state index contributed by atoms with van der Waals surface area (Å²) in [6, 6.07) is 5.55. The number of esters is 1.